The molecular weight excluding hydrogens is 246 g/mol. The molecule has 9 nitrogen and oxygen atoms in total. The second kappa shape index (κ2) is 4.50. The van der Waals surface area contributed by atoms with Crippen molar-refractivity contribution in [3.05, 3.63) is 0 Å². The van der Waals surface area contributed by atoms with Gasteiger partial charge in [0, 0.05) is 0 Å². The summed E-state index contributed by atoms with van der Waals surface area (Å²) < 4.78 is 25.3. The molecule has 96 valence electrons. The third-order valence-electron chi connectivity index (χ3n) is 2.32. The lowest BCUT2D eigenvalue weighted by molar-refractivity contribution is -0.216. The fraction of sp³-hybridized carbons (Fsp3) is 1.00. The third-order valence-corrected chi connectivity index (χ3v) is 2.81. The van der Waals surface area contributed by atoms with Crippen LogP contribution in [-0.4, -0.2) is 70.6 Å². The molecule has 1 fully saturated rings. The van der Waals surface area contributed by atoms with Crippen LogP contribution in [0.5, 0.6) is 0 Å². The van der Waals surface area contributed by atoms with E-state index in [-0.39, 0.29) is 0 Å². The summed E-state index contributed by atoms with van der Waals surface area (Å²) in [6.07, 6.45) is -11.2. The monoisotopic (exact) mass is 259 g/mol. The number of hydrogen-bond donors (Lipinski definition) is 6. The first kappa shape index (κ1) is 13.7. The number of nitrogens with two attached hydrogens (primary N) is 1. The number of hydrogen-bond acceptors (Lipinski definition) is 8. The minimum Gasteiger partial charge on any atom is -0.387 e. The molecule has 2 unspecified atom stereocenters. The Morgan fingerprint density at radius 2 is 1.12 bits per heavy atom. The van der Waals surface area contributed by atoms with Gasteiger partial charge in [0.2, 0.25) is 0 Å². The van der Waals surface area contributed by atoms with Crippen LogP contribution >= 0.6 is 0 Å². The topological polar surface area (TPSA) is 171 Å². The van der Waals surface area contributed by atoms with E-state index in [0.717, 1.165) is 0 Å². The maximum Gasteiger partial charge on any atom is 0.333 e. The minimum absolute atomic E-state index is 1.81. The van der Waals surface area contributed by atoms with Crippen LogP contribution in [-0.2, 0) is 14.5 Å². The highest BCUT2D eigenvalue weighted by Gasteiger charge is 2.50. The van der Waals surface area contributed by atoms with E-state index in [1.807, 2.05) is 0 Å². The van der Waals surface area contributed by atoms with Gasteiger partial charge in [0.1, 0.15) is 36.6 Å². The second-order valence-electron chi connectivity index (χ2n) is 3.51. The molecule has 0 amide bonds. The van der Waals surface area contributed by atoms with Gasteiger partial charge in [-0.15, -0.1) is 0 Å². The predicted octanol–water partition coefficient (Wildman–Crippen LogP) is -4.61. The van der Waals surface area contributed by atoms with Crippen molar-refractivity contribution in [1.29, 1.82) is 0 Å². The third kappa shape index (κ3) is 2.67. The smallest absolute Gasteiger partial charge is 0.333 e. The van der Waals surface area contributed by atoms with Crippen LogP contribution in [0.3, 0.4) is 0 Å². The Balaban J connectivity index is 2.91. The molecule has 0 spiro atoms. The van der Waals surface area contributed by atoms with E-state index >= 15 is 0 Å². The molecular formula is C6H13NO8S. The molecule has 0 aliphatic heterocycles. The first-order chi connectivity index (χ1) is 7.15. The number of aliphatic hydroxyl groups is 5. The summed E-state index contributed by atoms with van der Waals surface area (Å²) >= 11 is 0. The Morgan fingerprint density at radius 3 is 1.44 bits per heavy atom. The average molecular weight is 259 g/mol. The molecule has 0 heterocycles. The van der Waals surface area contributed by atoms with Crippen LogP contribution in [0.15, 0.2) is 0 Å². The summed E-state index contributed by atoms with van der Waals surface area (Å²) in [5.74, 6) is 0. The van der Waals surface area contributed by atoms with Crippen LogP contribution in [0.25, 0.3) is 0 Å². The SMILES string of the molecule is NS(=O)(=O)OC1[C@H](O)[C@H](O)C(O)[C@H](O)[C@H]1O. The summed E-state index contributed by atoms with van der Waals surface area (Å²) in [5, 5.41) is 50.8. The number of rotatable bonds is 2. The summed E-state index contributed by atoms with van der Waals surface area (Å²) in [6, 6.07) is 0. The molecule has 1 aliphatic rings. The van der Waals surface area contributed by atoms with Crippen LogP contribution in [0.2, 0.25) is 0 Å². The van der Waals surface area contributed by atoms with Crippen molar-refractivity contribution in [3.63, 3.8) is 0 Å². The molecule has 0 radical (unpaired) electrons. The molecule has 16 heavy (non-hydrogen) atoms. The van der Waals surface area contributed by atoms with E-state index in [1.54, 1.807) is 0 Å². The highest BCUT2D eigenvalue weighted by atomic mass is 32.2. The van der Waals surface area contributed by atoms with Crippen LogP contribution in [0.1, 0.15) is 0 Å². The molecule has 10 heteroatoms. The largest absolute Gasteiger partial charge is 0.387 e. The molecule has 0 bridgehead atoms. The highest BCUT2D eigenvalue weighted by Crippen LogP contribution is 2.24. The van der Waals surface area contributed by atoms with Crippen LogP contribution in [0, 0.1) is 0 Å². The van der Waals surface area contributed by atoms with Crippen molar-refractivity contribution in [3.8, 4) is 0 Å². The summed E-state index contributed by atoms with van der Waals surface area (Å²) in [5.41, 5.74) is 0. The van der Waals surface area contributed by atoms with Crippen molar-refractivity contribution >= 4 is 10.3 Å². The number of aliphatic hydroxyl groups excluding tert-OH is 5. The van der Waals surface area contributed by atoms with Gasteiger partial charge in [-0.25, -0.2) is 9.32 Å². The van der Waals surface area contributed by atoms with E-state index < -0.39 is 46.9 Å². The first-order valence-electron chi connectivity index (χ1n) is 4.26. The van der Waals surface area contributed by atoms with E-state index in [0.29, 0.717) is 0 Å². The lowest BCUT2D eigenvalue weighted by atomic mass is 9.85. The van der Waals surface area contributed by atoms with Gasteiger partial charge < -0.3 is 25.5 Å². The molecule has 0 aromatic carbocycles. The molecule has 1 rings (SSSR count). The van der Waals surface area contributed by atoms with Gasteiger partial charge in [-0.2, -0.15) is 8.42 Å². The Morgan fingerprint density at radius 1 is 0.812 bits per heavy atom. The van der Waals surface area contributed by atoms with Gasteiger partial charge in [-0.05, 0) is 0 Å². The second-order valence-corrected chi connectivity index (χ2v) is 4.68. The molecule has 1 aliphatic carbocycles. The Hall–Kier alpha value is -0.330. The maximum absolute atomic E-state index is 10.6. The Kier molecular flexibility index (Phi) is 3.87. The fourth-order valence-corrected chi connectivity index (χ4v) is 2.00. The Labute approximate surface area is 91.0 Å². The van der Waals surface area contributed by atoms with Gasteiger partial charge in [0.05, 0.1) is 0 Å². The zero-order valence-corrected chi connectivity index (χ0v) is 8.73. The van der Waals surface area contributed by atoms with Gasteiger partial charge in [0.25, 0.3) is 0 Å². The van der Waals surface area contributed by atoms with Crippen molar-refractivity contribution in [1.82, 2.24) is 0 Å². The van der Waals surface area contributed by atoms with Gasteiger partial charge in [-0.1, -0.05) is 0 Å². The Bertz CT molecular complexity index is 328. The van der Waals surface area contributed by atoms with E-state index in [1.165, 1.54) is 0 Å². The highest BCUT2D eigenvalue weighted by molar-refractivity contribution is 7.84. The summed E-state index contributed by atoms with van der Waals surface area (Å²) in [7, 11) is -4.48. The summed E-state index contributed by atoms with van der Waals surface area (Å²) in [4.78, 5) is 0. The lowest BCUT2D eigenvalue weighted by Gasteiger charge is -2.40. The van der Waals surface area contributed by atoms with Crippen LogP contribution in [0.4, 0.5) is 0 Å². The van der Waals surface area contributed by atoms with Crippen molar-refractivity contribution in [2.45, 2.75) is 36.6 Å². The molecule has 7 N–H and O–H groups in total. The van der Waals surface area contributed by atoms with E-state index in [9.17, 15) is 28.8 Å². The van der Waals surface area contributed by atoms with E-state index in [2.05, 4.69) is 9.32 Å². The molecule has 6 atom stereocenters. The zero-order chi connectivity index (χ0) is 12.7. The van der Waals surface area contributed by atoms with Crippen molar-refractivity contribution in [2.24, 2.45) is 5.14 Å². The minimum atomic E-state index is -4.48. The standard InChI is InChI=1S/C6H13NO8S/c7-16(13,14)15-6-4(11)2(9)1(8)3(10)5(6)12/h1-6,8-12H,(H2,7,13,14)/t1?,2-,3+,4-,5-,6?/m1/s1. The fourth-order valence-electron chi connectivity index (χ4n) is 1.47. The lowest BCUT2D eigenvalue weighted by Crippen LogP contribution is -2.64. The summed E-state index contributed by atoms with van der Waals surface area (Å²) in [6.45, 7) is 0. The predicted molar refractivity (Wildman–Crippen MR) is 48.0 cm³/mol. The maximum atomic E-state index is 10.6. The molecule has 0 aromatic heterocycles. The quantitative estimate of drug-likeness (QED) is 0.287. The molecule has 0 aromatic rings. The average Bonchev–Trinajstić information content (AvgIpc) is 2.17. The first-order valence-corrected chi connectivity index (χ1v) is 5.73. The molecule has 0 saturated heterocycles. The normalized spacial score (nSPS) is 45.6. The van der Waals surface area contributed by atoms with Crippen LogP contribution < -0.4 is 5.14 Å². The van der Waals surface area contributed by atoms with Crippen molar-refractivity contribution < 1.29 is 38.1 Å². The van der Waals surface area contributed by atoms with Gasteiger partial charge in [-0.3, -0.25) is 0 Å². The zero-order valence-electron chi connectivity index (χ0n) is 7.91. The van der Waals surface area contributed by atoms with Crippen molar-refractivity contribution in [2.75, 3.05) is 0 Å². The van der Waals surface area contributed by atoms with E-state index in [4.69, 9.17) is 5.11 Å². The molecule has 1 saturated carbocycles. The van der Waals surface area contributed by atoms with Gasteiger partial charge in [0.15, 0.2) is 0 Å². The van der Waals surface area contributed by atoms with Gasteiger partial charge >= 0.3 is 10.3 Å².